The molecule has 2 aromatic rings. The molecule has 1 aliphatic rings. The Morgan fingerprint density at radius 1 is 1.38 bits per heavy atom. The molecule has 3 rings (SSSR count). The Bertz CT molecular complexity index is 822. The van der Waals surface area contributed by atoms with Gasteiger partial charge in [0.25, 0.3) is 0 Å². The van der Waals surface area contributed by atoms with Crippen LogP contribution in [0.2, 0.25) is 5.02 Å². The van der Waals surface area contributed by atoms with E-state index in [0.29, 0.717) is 16.1 Å². The normalized spacial score (nSPS) is 12.8. The van der Waals surface area contributed by atoms with Crippen molar-refractivity contribution in [3.8, 4) is 17.3 Å². The molecule has 5 heteroatoms. The first-order valence-corrected chi connectivity index (χ1v) is 6.80. The SMILES string of the molecule is Cc1c(-c2ccc(C#N)c[n+]2C)cc2c(c1Cl)COC2=O. The van der Waals surface area contributed by atoms with Gasteiger partial charge >= 0.3 is 5.97 Å². The molecule has 2 heterocycles. The number of carbonyl (C=O) groups excluding carboxylic acids is 1. The number of pyridine rings is 1. The summed E-state index contributed by atoms with van der Waals surface area (Å²) < 4.78 is 6.89. The summed E-state index contributed by atoms with van der Waals surface area (Å²) in [5, 5.41) is 9.51. The van der Waals surface area contributed by atoms with E-state index in [9.17, 15) is 4.79 Å². The molecule has 0 aliphatic carbocycles. The van der Waals surface area contributed by atoms with E-state index >= 15 is 0 Å². The fourth-order valence-electron chi connectivity index (χ4n) is 2.56. The Morgan fingerprint density at radius 2 is 2.14 bits per heavy atom. The Morgan fingerprint density at radius 3 is 2.81 bits per heavy atom. The van der Waals surface area contributed by atoms with Crippen molar-refractivity contribution >= 4 is 17.6 Å². The fraction of sp³-hybridized carbons (Fsp3) is 0.188. The van der Waals surface area contributed by atoms with E-state index in [2.05, 4.69) is 6.07 Å². The molecule has 0 amide bonds. The van der Waals surface area contributed by atoms with Gasteiger partial charge in [-0.15, -0.1) is 0 Å². The largest absolute Gasteiger partial charge is 0.457 e. The molecule has 0 unspecified atom stereocenters. The van der Waals surface area contributed by atoms with Crippen molar-refractivity contribution in [1.82, 2.24) is 0 Å². The lowest BCUT2D eigenvalue weighted by atomic mass is 9.97. The molecule has 0 N–H and O–H groups in total. The predicted octanol–water partition coefficient (Wildman–Crippen LogP) is 2.68. The summed E-state index contributed by atoms with van der Waals surface area (Å²) in [5.74, 6) is -0.343. The third kappa shape index (κ3) is 2.07. The number of fused-ring (bicyclic) bond motifs is 1. The number of esters is 1. The average Bonchev–Trinajstić information content (AvgIpc) is 2.84. The number of nitriles is 1. The summed E-state index contributed by atoms with van der Waals surface area (Å²) in [6.07, 6.45) is 1.74. The molecule has 1 aromatic carbocycles. The number of ether oxygens (including phenoxy) is 1. The molecule has 21 heavy (non-hydrogen) atoms. The van der Waals surface area contributed by atoms with Crippen molar-refractivity contribution < 1.29 is 14.1 Å². The maximum absolute atomic E-state index is 11.8. The summed E-state index contributed by atoms with van der Waals surface area (Å²) in [4.78, 5) is 11.8. The zero-order chi connectivity index (χ0) is 15.1. The number of aryl methyl sites for hydroxylation is 1. The maximum Gasteiger partial charge on any atom is 0.338 e. The van der Waals surface area contributed by atoms with Crippen LogP contribution in [0.1, 0.15) is 27.0 Å². The van der Waals surface area contributed by atoms with Crippen LogP contribution in [-0.4, -0.2) is 5.97 Å². The van der Waals surface area contributed by atoms with Gasteiger partial charge in [0, 0.05) is 11.6 Å². The number of aromatic nitrogens is 1. The number of rotatable bonds is 1. The van der Waals surface area contributed by atoms with Crippen LogP contribution in [-0.2, 0) is 18.4 Å². The Hall–Kier alpha value is -2.38. The van der Waals surface area contributed by atoms with E-state index in [-0.39, 0.29) is 12.6 Å². The van der Waals surface area contributed by atoms with Crippen molar-refractivity contribution in [3.63, 3.8) is 0 Å². The van der Waals surface area contributed by atoms with Gasteiger partial charge in [-0.05, 0) is 24.6 Å². The van der Waals surface area contributed by atoms with Crippen molar-refractivity contribution in [2.24, 2.45) is 7.05 Å². The van der Waals surface area contributed by atoms with Crippen LogP contribution >= 0.6 is 11.6 Å². The van der Waals surface area contributed by atoms with E-state index in [4.69, 9.17) is 21.6 Å². The minimum atomic E-state index is -0.343. The van der Waals surface area contributed by atoms with Gasteiger partial charge in [0.1, 0.15) is 25.3 Å². The fourth-order valence-corrected chi connectivity index (χ4v) is 2.82. The summed E-state index contributed by atoms with van der Waals surface area (Å²) >= 11 is 6.38. The van der Waals surface area contributed by atoms with Crippen molar-refractivity contribution in [2.45, 2.75) is 13.5 Å². The molecule has 1 aliphatic heterocycles. The van der Waals surface area contributed by atoms with Crippen LogP contribution in [0.5, 0.6) is 0 Å². The van der Waals surface area contributed by atoms with Gasteiger partial charge in [0.15, 0.2) is 6.20 Å². The second kappa shape index (κ2) is 4.87. The van der Waals surface area contributed by atoms with Crippen molar-refractivity contribution in [3.05, 3.63) is 51.7 Å². The summed E-state index contributed by atoms with van der Waals surface area (Å²) in [6.45, 7) is 2.15. The molecule has 0 radical (unpaired) electrons. The molecule has 0 fully saturated rings. The quantitative estimate of drug-likeness (QED) is 0.601. The molecule has 4 nitrogen and oxygen atoms in total. The number of hydrogen-bond donors (Lipinski definition) is 0. The van der Waals surface area contributed by atoms with Gasteiger partial charge < -0.3 is 4.74 Å². The van der Waals surface area contributed by atoms with E-state index in [1.54, 1.807) is 12.3 Å². The van der Waals surface area contributed by atoms with E-state index in [1.807, 2.05) is 30.7 Å². The molecule has 1 aromatic heterocycles. The lowest BCUT2D eigenvalue weighted by molar-refractivity contribution is -0.660. The van der Waals surface area contributed by atoms with Gasteiger partial charge in [-0.2, -0.15) is 9.83 Å². The van der Waals surface area contributed by atoms with Gasteiger partial charge in [-0.3, -0.25) is 0 Å². The van der Waals surface area contributed by atoms with E-state index in [0.717, 1.165) is 22.4 Å². The topological polar surface area (TPSA) is 54.0 Å². The number of nitrogens with zero attached hydrogens (tertiary/aromatic N) is 2. The zero-order valence-corrected chi connectivity index (χ0v) is 12.4. The maximum atomic E-state index is 11.8. The molecule has 0 saturated heterocycles. The van der Waals surface area contributed by atoms with E-state index in [1.165, 1.54) is 0 Å². The van der Waals surface area contributed by atoms with Crippen LogP contribution in [0.4, 0.5) is 0 Å². The number of halogens is 1. The first-order valence-electron chi connectivity index (χ1n) is 6.42. The van der Waals surface area contributed by atoms with Gasteiger partial charge in [0.05, 0.1) is 16.1 Å². The number of cyclic esters (lactones) is 1. The third-order valence-corrected chi connectivity index (χ3v) is 4.23. The van der Waals surface area contributed by atoms with Crippen LogP contribution < -0.4 is 4.57 Å². The lowest BCUT2D eigenvalue weighted by Gasteiger charge is -2.09. The minimum absolute atomic E-state index is 0.230. The van der Waals surface area contributed by atoms with E-state index < -0.39 is 0 Å². The monoisotopic (exact) mass is 299 g/mol. The van der Waals surface area contributed by atoms with Crippen molar-refractivity contribution in [1.29, 1.82) is 5.26 Å². The lowest BCUT2D eigenvalue weighted by Crippen LogP contribution is -2.31. The molecular weight excluding hydrogens is 288 g/mol. The highest BCUT2D eigenvalue weighted by Gasteiger charge is 2.28. The molecule has 0 bridgehead atoms. The molecule has 0 atom stereocenters. The van der Waals surface area contributed by atoms with Crippen LogP contribution in [0.25, 0.3) is 11.3 Å². The predicted molar refractivity (Wildman–Crippen MR) is 76.6 cm³/mol. The number of carbonyl (C=O) groups is 1. The summed E-state index contributed by atoms with van der Waals surface area (Å²) in [6, 6.07) is 7.51. The molecule has 0 saturated carbocycles. The van der Waals surface area contributed by atoms with Gasteiger partial charge in [-0.1, -0.05) is 11.6 Å². The molecule has 104 valence electrons. The number of benzene rings is 1. The second-order valence-corrected chi connectivity index (χ2v) is 5.37. The van der Waals surface area contributed by atoms with Crippen molar-refractivity contribution in [2.75, 3.05) is 0 Å². The number of hydrogen-bond acceptors (Lipinski definition) is 3. The standard InChI is InChI=1S/C16H12ClN2O2/c1-9-11(14-4-3-10(6-18)7-19(14)2)5-12-13(15(9)17)8-21-16(12)20/h3-5,7H,8H2,1-2H3/q+1. The zero-order valence-electron chi connectivity index (χ0n) is 11.6. The summed E-state index contributed by atoms with van der Waals surface area (Å²) in [7, 11) is 1.86. The molecular formula is C16H12ClN2O2+. The van der Waals surface area contributed by atoms with Crippen LogP contribution in [0.15, 0.2) is 24.4 Å². The smallest absolute Gasteiger partial charge is 0.338 e. The van der Waals surface area contributed by atoms with Gasteiger partial charge in [-0.25, -0.2) is 4.79 Å². The molecule has 0 spiro atoms. The average molecular weight is 300 g/mol. The summed E-state index contributed by atoms with van der Waals surface area (Å²) in [5.41, 5.74) is 4.49. The highest BCUT2D eigenvalue weighted by Crippen LogP contribution is 2.36. The highest BCUT2D eigenvalue weighted by atomic mass is 35.5. The van der Waals surface area contributed by atoms with Crippen LogP contribution in [0.3, 0.4) is 0 Å². The van der Waals surface area contributed by atoms with Crippen LogP contribution in [0, 0.1) is 18.3 Å². The Balaban J connectivity index is 2.25. The third-order valence-electron chi connectivity index (χ3n) is 3.72. The second-order valence-electron chi connectivity index (χ2n) is 4.99. The minimum Gasteiger partial charge on any atom is -0.457 e. The first-order chi connectivity index (χ1) is 10.0. The Labute approximate surface area is 127 Å². The van der Waals surface area contributed by atoms with Gasteiger partial charge in [0.2, 0.25) is 5.69 Å². The highest BCUT2D eigenvalue weighted by molar-refractivity contribution is 6.33. The Kier molecular flexibility index (Phi) is 3.15. The first kappa shape index (κ1) is 13.6.